The van der Waals surface area contributed by atoms with E-state index in [1.165, 1.54) is 12.8 Å². The van der Waals surface area contributed by atoms with Crippen molar-refractivity contribution in [2.75, 3.05) is 5.32 Å². The Hall–Kier alpha value is -3.03. The van der Waals surface area contributed by atoms with E-state index < -0.39 is 0 Å². The highest BCUT2D eigenvalue weighted by Gasteiger charge is 2.20. The lowest BCUT2D eigenvalue weighted by molar-refractivity contribution is -0.116. The Morgan fingerprint density at radius 3 is 2.81 bits per heavy atom. The van der Waals surface area contributed by atoms with Crippen LogP contribution in [0.15, 0.2) is 41.3 Å². The van der Waals surface area contributed by atoms with E-state index in [2.05, 4.69) is 25.5 Å². The number of nitrogens with one attached hydrogen (secondary N) is 1. The molecule has 0 saturated heterocycles. The van der Waals surface area contributed by atoms with E-state index in [0.717, 1.165) is 24.2 Å². The quantitative estimate of drug-likeness (QED) is 0.732. The predicted molar refractivity (Wildman–Crippen MR) is 94.2 cm³/mol. The molecule has 0 radical (unpaired) electrons. The van der Waals surface area contributed by atoms with Crippen LogP contribution in [0.2, 0.25) is 0 Å². The van der Waals surface area contributed by atoms with Gasteiger partial charge in [0.1, 0.15) is 5.82 Å². The van der Waals surface area contributed by atoms with Crippen molar-refractivity contribution in [2.24, 2.45) is 0 Å². The fourth-order valence-corrected chi connectivity index (χ4v) is 3.25. The number of carbonyl (C=O) groups excluding carboxylic acids is 1. The van der Waals surface area contributed by atoms with E-state index in [1.807, 2.05) is 22.9 Å². The molecule has 1 aliphatic carbocycles. The Labute approximate surface area is 150 Å². The van der Waals surface area contributed by atoms with Crippen LogP contribution in [-0.2, 0) is 11.2 Å². The molecule has 3 heterocycles. The Morgan fingerprint density at radius 1 is 1.19 bits per heavy atom. The summed E-state index contributed by atoms with van der Waals surface area (Å²) in [7, 11) is 0. The van der Waals surface area contributed by atoms with Gasteiger partial charge in [0.05, 0.1) is 12.2 Å². The smallest absolute Gasteiger partial charge is 0.227 e. The number of amides is 1. The fourth-order valence-electron chi connectivity index (χ4n) is 3.25. The van der Waals surface area contributed by atoms with Gasteiger partial charge >= 0.3 is 0 Å². The topological polar surface area (TPSA) is 98.7 Å². The van der Waals surface area contributed by atoms with Gasteiger partial charge in [0.2, 0.25) is 17.6 Å². The van der Waals surface area contributed by atoms with E-state index in [4.69, 9.17) is 4.52 Å². The zero-order valence-electron chi connectivity index (χ0n) is 14.3. The van der Waals surface area contributed by atoms with Crippen LogP contribution in [0, 0.1) is 0 Å². The van der Waals surface area contributed by atoms with Gasteiger partial charge in [-0.2, -0.15) is 10.1 Å². The molecule has 8 nitrogen and oxygen atoms in total. The third kappa shape index (κ3) is 3.63. The van der Waals surface area contributed by atoms with Crippen LogP contribution < -0.4 is 5.32 Å². The fraction of sp³-hybridized carbons (Fsp3) is 0.389. The largest absolute Gasteiger partial charge is 0.339 e. The summed E-state index contributed by atoms with van der Waals surface area (Å²) in [4.78, 5) is 20.6. The number of nitrogens with zero attached hydrogens (tertiary/aromatic N) is 5. The van der Waals surface area contributed by atoms with Crippen molar-refractivity contribution in [3.05, 3.63) is 42.7 Å². The lowest BCUT2D eigenvalue weighted by Gasteiger charge is -2.14. The van der Waals surface area contributed by atoms with Crippen LogP contribution in [0.5, 0.6) is 0 Å². The Bertz CT molecular complexity index is 867. The SMILES string of the molecule is O=C(CCc1nc(-c2ccncc2)no1)Nc1ccnn1C1CCCC1. The van der Waals surface area contributed by atoms with Gasteiger partial charge < -0.3 is 9.84 Å². The summed E-state index contributed by atoms with van der Waals surface area (Å²) in [5.74, 6) is 1.61. The van der Waals surface area contributed by atoms with Crippen molar-refractivity contribution in [3.63, 3.8) is 0 Å². The van der Waals surface area contributed by atoms with Crippen LogP contribution in [0.1, 0.15) is 44.0 Å². The zero-order chi connectivity index (χ0) is 17.8. The zero-order valence-corrected chi connectivity index (χ0v) is 14.3. The van der Waals surface area contributed by atoms with Crippen molar-refractivity contribution < 1.29 is 9.32 Å². The third-order valence-corrected chi connectivity index (χ3v) is 4.58. The van der Waals surface area contributed by atoms with Crippen LogP contribution in [0.25, 0.3) is 11.4 Å². The molecule has 0 spiro atoms. The Morgan fingerprint density at radius 2 is 2.00 bits per heavy atom. The van der Waals surface area contributed by atoms with Crippen LogP contribution in [0.4, 0.5) is 5.82 Å². The molecule has 3 aromatic heterocycles. The van der Waals surface area contributed by atoms with Gasteiger partial charge in [-0.25, -0.2) is 4.68 Å². The number of pyridine rings is 1. The Balaban J connectivity index is 1.34. The molecule has 0 bridgehead atoms. The molecule has 0 aromatic carbocycles. The molecule has 0 aliphatic heterocycles. The maximum Gasteiger partial charge on any atom is 0.227 e. The number of aryl methyl sites for hydroxylation is 1. The summed E-state index contributed by atoms with van der Waals surface area (Å²) in [6.07, 6.45) is 10.4. The van der Waals surface area contributed by atoms with Gasteiger partial charge in [-0.3, -0.25) is 9.78 Å². The van der Waals surface area contributed by atoms with Crippen LogP contribution in [0.3, 0.4) is 0 Å². The second kappa shape index (κ2) is 7.47. The van der Waals surface area contributed by atoms with Crippen molar-refractivity contribution in [1.29, 1.82) is 0 Å². The maximum absolute atomic E-state index is 12.3. The summed E-state index contributed by atoms with van der Waals surface area (Å²) in [5, 5.41) is 11.2. The maximum atomic E-state index is 12.3. The molecule has 1 saturated carbocycles. The molecule has 1 N–H and O–H groups in total. The summed E-state index contributed by atoms with van der Waals surface area (Å²) in [6, 6.07) is 5.85. The number of hydrogen-bond acceptors (Lipinski definition) is 6. The molecular weight excluding hydrogens is 332 g/mol. The average Bonchev–Trinajstić information content (AvgIpc) is 3.42. The van der Waals surface area contributed by atoms with Gasteiger partial charge in [0, 0.05) is 36.9 Å². The lowest BCUT2D eigenvalue weighted by Crippen LogP contribution is -2.18. The van der Waals surface area contributed by atoms with Crippen LogP contribution in [-0.4, -0.2) is 30.8 Å². The van der Waals surface area contributed by atoms with Crippen molar-refractivity contribution in [3.8, 4) is 11.4 Å². The predicted octanol–water partition coefficient (Wildman–Crippen LogP) is 3.01. The molecule has 0 unspecified atom stereocenters. The molecule has 1 amide bonds. The second-order valence-electron chi connectivity index (χ2n) is 6.40. The standard InChI is InChI=1S/C18H20N6O2/c25-16(21-15-9-12-20-24(15)14-3-1-2-4-14)5-6-17-22-18(23-26-17)13-7-10-19-11-8-13/h7-12,14H,1-6H2,(H,21,25). The molecule has 26 heavy (non-hydrogen) atoms. The van der Waals surface area contributed by atoms with Crippen LogP contribution >= 0.6 is 0 Å². The van der Waals surface area contributed by atoms with Gasteiger partial charge in [-0.05, 0) is 25.0 Å². The molecule has 1 fully saturated rings. The highest BCUT2D eigenvalue weighted by Crippen LogP contribution is 2.31. The number of rotatable bonds is 6. The molecule has 3 aromatic rings. The highest BCUT2D eigenvalue weighted by atomic mass is 16.5. The van der Waals surface area contributed by atoms with E-state index in [9.17, 15) is 4.79 Å². The Kier molecular flexibility index (Phi) is 4.72. The molecule has 1 aliphatic rings. The first kappa shape index (κ1) is 16.4. The van der Waals surface area contributed by atoms with Crippen molar-refractivity contribution in [2.45, 2.75) is 44.6 Å². The number of aromatic nitrogens is 5. The van der Waals surface area contributed by atoms with E-state index in [1.54, 1.807) is 18.6 Å². The minimum absolute atomic E-state index is 0.0894. The summed E-state index contributed by atoms with van der Waals surface area (Å²) < 4.78 is 7.16. The number of anilines is 1. The van der Waals surface area contributed by atoms with Gasteiger partial charge in [-0.15, -0.1) is 0 Å². The van der Waals surface area contributed by atoms with E-state index in [0.29, 0.717) is 24.2 Å². The summed E-state index contributed by atoms with van der Waals surface area (Å²) >= 11 is 0. The first-order valence-corrected chi connectivity index (χ1v) is 8.86. The molecule has 4 rings (SSSR count). The molecule has 134 valence electrons. The monoisotopic (exact) mass is 352 g/mol. The normalized spacial score (nSPS) is 14.6. The van der Waals surface area contributed by atoms with Crippen molar-refractivity contribution in [1.82, 2.24) is 24.9 Å². The van der Waals surface area contributed by atoms with E-state index in [-0.39, 0.29) is 12.3 Å². The lowest BCUT2D eigenvalue weighted by atomic mass is 10.2. The van der Waals surface area contributed by atoms with Gasteiger partial charge in [0.25, 0.3) is 0 Å². The summed E-state index contributed by atoms with van der Waals surface area (Å²) in [5.41, 5.74) is 0.833. The third-order valence-electron chi connectivity index (χ3n) is 4.58. The van der Waals surface area contributed by atoms with Gasteiger partial charge in [0.15, 0.2) is 0 Å². The minimum Gasteiger partial charge on any atom is -0.339 e. The highest BCUT2D eigenvalue weighted by molar-refractivity contribution is 5.89. The minimum atomic E-state index is -0.0894. The molecular formula is C18H20N6O2. The van der Waals surface area contributed by atoms with Gasteiger partial charge in [-0.1, -0.05) is 18.0 Å². The molecule has 8 heteroatoms. The number of carbonyl (C=O) groups is 1. The first-order valence-electron chi connectivity index (χ1n) is 8.86. The molecule has 0 atom stereocenters. The van der Waals surface area contributed by atoms with E-state index >= 15 is 0 Å². The number of hydrogen-bond donors (Lipinski definition) is 1. The average molecular weight is 352 g/mol. The first-order chi connectivity index (χ1) is 12.8. The van der Waals surface area contributed by atoms with Crippen molar-refractivity contribution >= 4 is 11.7 Å². The summed E-state index contributed by atoms with van der Waals surface area (Å²) in [6.45, 7) is 0. The second-order valence-corrected chi connectivity index (χ2v) is 6.40.